The number of thioether (sulfide) groups is 1. The van der Waals surface area contributed by atoms with Crippen molar-refractivity contribution in [1.82, 2.24) is 0 Å². The van der Waals surface area contributed by atoms with Crippen LogP contribution in [-0.4, -0.2) is 5.75 Å². The van der Waals surface area contributed by atoms with Crippen molar-refractivity contribution < 1.29 is 0 Å². The monoisotopic (exact) mass is 120 g/mol. The summed E-state index contributed by atoms with van der Waals surface area (Å²) in [7, 11) is 0. The Morgan fingerprint density at radius 1 is 1.83 bits per heavy atom. The van der Waals surface area contributed by atoms with Crippen molar-refractivity contribution in [3.63, 3.8) is 0 Å². The van der Waals surface area contributed by atoms with E-state index in [0.29, 0.717) is 0 Å². The summed E-state index contributed by atoms with van der Waals surface area (Å²) < 4.78 is 0. The molecule has 0 aromatic heterocycles. The molecule has 0 radical (unpaired) electrons. The zero-order valence-electron chi connectivity index (χ0n) is 3.72. The van der Waals surface area contributed by atoms with Crippen LogP contribution in [0.1, 0.15) is 6.92 Å². The predicted molar refractivity (Wildman–Crippen MR) is 36.3 cm³/mol. The molecule has 0 N–H and O–H groups in total. The molecule has 36 valence electrons. The van der Waals surface area contributed by atoms with Crippen LogP contribution in [0, 0.1) is 0 Å². The van der Waals surface area contributed by atoms with Gasteiger partial charge in [-0.2, -0.15) is 12.6 Å². The second kappa shape index (κ2) is 5.44. The van der Waals surface area contributed by atoms with Gasteiger partial charge in [0, 0.05) is 0 Å². The van der Waals surface area contributed by atoms with E-state index >= 15 is 0 Å². The maximum absolute atomic E-state index is 3.85. The molecule has 0 rings (SSSR count). The third-order valence-corrected chi connectivity index (χ3v) is 1.34. The summed E-state index contributed by atoms with van der Waals surface area (Å²) in [5.41, 5.74) is 0. The van der Waals surface area contributed by atoms with Crippen LogP contribution in [0.2, 0.25) is 0 Å². The highest BCUT2D eigenvalue weighted by Crippen LogP contribution is 1.99. The Morgan fingerprint density at radius 2 is 2.50 bits per heavy atom. The Morgan fingerprint density at radius 3 is 2.67 bits per heavy atom. The number of hydrogen-bond donors (Lipinski definition) is 1. The quantitative estimate of drug-likeness (QED) is 0.545. The van der Waals surface area contributed by atoms with Crippen molar-refractivity contribution in [2.24, 2.45) is 0 Å². The van der Waals surface area contributed by atoms with Crippen LogP contribution < -0.4 is 0 Å². The van der Waals surface area contributed by atoms with Crippen molar-refractivity contribution in [3.05, 3.63) is 10.8 Å². The smallest absolute Gasteiger partial charge is 0.00543 e. The highest BCUT2D eigenvalue weighted by Gasteiger charge is 1.64. The van der Waals surface area contributed by atoms with E-state index in [4.69, 9.17) is 0 Å². The van der Waals surface area contributed by atoms with Crippen molar-refractivity contribution in [2.75, 3.05) is 5.75 Å². The second-order valence-electron chi connectivity index (χ2n) is 0.740. The molecule has 6 heavy (non-hydrogen) atoms. The fourth-order valence-electron chi connectivity index (χ4n) is 0.139. The van der Waals surface area contributed by atoms with Crippen LogP contribution in [0.5, 0.6) is 0 Å². The van der Waals surface area contributed by atoms with Gasteiger partial charge in [-0.1, -0.05) is 6.92 Å². The molecule has 0 atom stereocenters. The Balaban J connectivity index is 2.66. The zero-order chi connectivity index (χ0) is 4.83. The zero-order valence-corrected chi connectivity index (χ0v) is 5.43. The second-order valence-corrected chi connectivity index (χ2v) is 2.22. The number of hydrogen-bond acceptors (Lipinski definition) is 2. The minimum absolute atomic E-state index is 1.14. The first-order valence-corrected chi connectivity index (χ1v) is 3.39. The SMILES string of the molecule is CCS/C=C\S. The summed E-state index contributed by atoms with van der Waals surface area (Å²) >= 11 is 5.60. The molecule has 0 aliphatic heterocycles. The lowest BCUT2D eigenvalue weighted by Crippen LogP contribution is -1.52. The van der Waals surface area contributed by atoms with E-state index in [-0.39, 0.29) is 0 Å². The maximum Gasteiger partial charge on any atom is -0.00543 e. The van der Waals surface area contributed by atoms with Gasteiger partial charge in [0.25, 0.3) is 0 Å². The molecule has 0 bridgehead atoms. The van der Waals surface area contributed by atoms with Gasteiger partial charge in [0.2, 0.25) is 0 Å². The maximum atomic E-state index is 3.85. The van der Waals surface area contributed by atoms with Crippen LogP contribution in [0.25, 0.3) is 0 Å². The van der Waals surface area contributed by atoms with Crippen LogP contribution in [0.4, 0.5) is 0 Å². The van der Waals surface area contributed by atoms with Gasteiger partial charge in [-0.15, -0.1) is 11.8 Å². The summed E-state index contributed by atoms with van der Waals surface area (Å²) in [6.45, 7) is 2.11. The molecular formula is C4H8S2. The lowest BCUT2D eigenvalue weighted by Gasteiger charge is -1.76. The molecule has 0 spiro atoms. The van der Waals surface area contributed by atoms with E-state index in [1.165, 1.54) is 0 Å². The molecule has 0 amide bonds. The van der Waals surface area contributed by atoms with Crippen molar-refractivity contribution in [2.45, 2.75) is 6.92 Å². The van der Waals surface area contributed by atoms with Gasteiger partial charge in [-0.25, -0.2) is 0 Å². The first kappa shape index (κ1) is 6.44. The predicted octanol–water partition coefficient (Wildman–Crippen LogP) is 2.14. The Hall–Kier alpha value is 0.440. The average Bonchev–Trinajstić information content (AvgIpc) is 1.61. The third kappa shape index (κ3) is 4.44. The first-order chi connectivity index (χ1) is 2.91. The molecule has 0 nitrogen and oxygen atoms in total. The molecule has 0 aliphatic rings. The van der Waals surface area contributed by atoms with Gasteiger partial charge in [0.05, 0.1) is 0 Å². The van der Waals surface area contributed by atoms with Gasteiger partial charge >= 0.3 is 0 Å². The Kier molecular flexibility index (Phi) is 5.84. The Bertz CT molecular complexity index is 40.8. The molecule has 0 aliphatic carbocycles. The van der Waals surface area contributed by atoms with E-state index in [1.807, 2.05) is 5.41 Å². The van der Waals surface area contributed by atoms with E-state index in [2.05, 4.69) is 19.6 Å². The fraction of sp³-hybridized carbons (Fsp3) is 0.500. The molecule has 0 fully saturated rings. The van der Waals surface area contributed by atoms with Gasteiger partial charge < -0.3 is 0 Å². The molecule has 0 saturated carbocycles. The highest BCUT2D eigenvalue weighted by atomic mass is 32.2. The fourth-order valence-corrected chi connectivity index (χ4v) is 0.676. The van der Waals surface area contributed by atoms with Crippen molar-refractivity contribution in [3.8, 4) is 0 Å². The lowest BCUT2D eigenvalue weighted by molar-refractivity contribution is 1.54. The van der Waals surface area contributed by atoms with Gasteiger partial charge in [0.15, 0.2) is 0 Å². The molecular weight excluding hydrogens is 112 g/mol. The molecule has 0 saturated heterocycles. The van der Waals surface area contributed by atoms with Crippen molar-refractivity contribution >= 4 is 24.4 Å². The number of rotatable bonds is 2. The molecule has 2 heteroatoms. The van der Waals surface area contributed by atoms with Crippen molar-refractivity contribution in [1.29, 1.82) is 0 Å². The van der Waals surface area contributed by atoms with Gasteiger partial charge in [-0.05, 0) is 16.6 Å². The van der Waals surface area contributed by atoms with Crippen LogP contribution >= 0.6 is 24.4 Å². The van der Waals surface area contributed by atoms with E-state index in [1.54, 1.807) is 17.2 Å². The summed E-state index contributed by atoms with van der Waals surface area (Å²) in [6, 6.07) is 0. The topological polar surface area (TPSA) is 0 Å². The Labute approximate surface area is 48.4 Å². The number of thiol groups is 1. The van der Waals surface area contributed by atoms with E-state index < -0.39 is 0 Å². The van der Waals surface area contributed by atoms with E-state index in [9.17, 15) is 0 Å². The first-order valence-electron chi connectivity index (χ1n) is 1.82. The van der Waals surface area contributed by atoms with Crippen LogP contribution in [0.3, 0.4) is 0 Å². The lowest BCUT2D eigenvalue weighted by atomic mass is 11.0. The summed E-state index contributed by atoms with van der Waals surface area (Å²) in [4.78, 5) is 0. The minimum Gasteiger partial charge on any atom is -0.151 e. The van der Waals surface area contributed by atoms with E-state index in [0.717, 1.165) is 5.75 Å². The highest BCUT2D eigenvalue weighted by molar-refractivity contribution is 8.02. The summed E-state index contributed by atoms with van der Waals surface area (Å²) in [5, 5.41) is 3.71. The van der Waals surface area contributed by atoms with Crippen LogP contribution in [-0.2, 0) is 0 Å². The third-order valence-electron chi connectivity index (χ3n) is 0.324. The molecule has 0 unspecified atom stereocenters. The average molecular weight is 120 g/mol. The molecule has 0 aromatic carbocycles. The largest absolute Gasteiger partial charge is 0.151 e. The summed E-state index contributed by atoms with van der Waals surface area (Å²) in [6.07, 6.45) is 0. The molecule has 0 aromatic rings. The summed E-state index contributed by atoms with van der Waals surface area (Å²) in [5.74, 6) is 1.14. The van der Waals surface area contributed by atoms with Gasteiger partial charge in [-0.3, -0.25) is 0 Å². The van der Waals surface area contributed by atoms with Crippen LogP contribution in [0.15, 0.2) is 10.8 Å². The minimum atomic E-state index is 1.14. The molecule has 0 heterocycles. The van der Waals surface area contributed by atoms with Gasteiger partial charge in [0.1, 0.15) is 0 Å². The standard InChI is InChI=1S/C4H8S2/c1-2-6-4-3-5/h3-5H,2H2,1H3/b4-3-. The normalized spacial score (nSPS) is 10.3.